The lowest BCUT2D eigenvalue weighted by Gasteiger charge is -2.22. The Bertz CT molecular complexity index is 1330. The third kappa shape index (κ3) is 6.32. The highest BCUT2D eigenvalue weighted by atomic mass is 16.5. The largest absolute Gasteiger partial charge is 0.455 e. The molecule has 0 saturated heterocycles. The Labute approximate surface area is 222 Å². The highest BCUT2D eigenvalue weighted by Crippen LogP contribution is 2.34. The highest BCUT2D eigenvalue weighted by molar-refractivity contribution is 5.92. The van der Waals surface area contributed by atoms with E-state index in [1.54, 1.807) is 30.8 Å². The van der Waals surface area contributed by atoms with Crippen molar-refractivity contribution in [2.24, 2.45) is 5.92 Å². The first-order chi connectivity index (χ1) is 18.2. The molecule has 2 heterocycles. The topological polar surface area (TPSA) is 111 Å². The predicted octanol–water partition coefficient (Wildman–Crippen LogP) is 4.64. The fraction of sp³-hybridized carbons (Fsp3) is 0.517. The molecule has 1 saturated carbocycles. The van der Waals surface area contributed by atoms with Gasteiger partial charge in [0, 0.05) is 18.3 Å². The fourth-order valence-electron chi connectivity index (χ4n) is 5.66. The summed E-state index contributed by atoms with van der Waals surface area (Å²) in [4.78, 5) is 26.7. The number of ether oxygens (including phenoxy) is 1. The van der Waals surface area contributed by atoms with Crippen molar-refractivity contribution >= 4 is 11.7 Å². The van der Waals surface area contributed by atoms with Crippen molar-refractivity contribution in [3.63, 3.8) is 0 Å². The van der Waals surface area contributed by atoms with Gasteiger partial charge in [-0.15, -0.1) is 0 Å². The van der Waals surface area contributed by atoms with Crippen LogP contribution in [0, 0.1) is 5.92 Å². The second-order valence-electron chi connectivity index (χ2n) is 11.3. The van der Waals surface area contributed by atoms with Gasteiger partial charge in [0.1, 0.15) is 11.8 Å². The molecule has 0 spiro atoms. The van der Waals surface area contributed by atoms with Crippen molar-refractivity contribution in [2.45, 2.75) is 89.8 Å². The van der Waals surface area contributed by atoms with Crippen LogP contribution >= 0.6 is 0 Å². The maximum atomic E-state index is 13.4. The molecule has 38 heavy (non-hydrogen) atoms. The Balaban J connectivity index is 1.36. The van der Waals surface area contributed by atoms with E-state index in [9.17, 15) is 14.7 Å². The molecule has 0 radical (unpaired) electrons. The Morgan fingerprint density at radius 2 is 1.97 bits per heavy atom. The summed E-state index contributed by atoms with van der Waals surface area (Å²) in [6.07, 6.45) is 12.4. The molecular weight excluding hydrogens is 482 g/mol. The zero-order chi connectivity index (χ0) is 26.7. The van der Waals surface area contributed by atoms with Crippen LogP contribution in [0.15, 0.2) is 47.5 Å². The first-order valence-electron chi connectivity index (χ1n) is 13.7. The quantitative estimate of drug-likeness (QED) is 0.426. The average molecular weight is 520 g/mol. The molecule has 202 valence electrons. The normalized spacial score (nSPS) is 16.7. The summed E-state index contributed by atoms with van der Waals surface area (Å²) < 4.78 is 8.97. The summed E-state index contributed by atoms with van der Waals surface area (Å²) in [5.74, 6) is 1.54. The maximum absolute atomic E-state index is 13.4. The molecule has 1 atom stereocenters. The highest BCUT2D eigenvalue weighted by Gasteiger charge is 2.29. The van der Waals surface area contributed by atoms with Gasteiger partial charge in [-0.05, 0) is 69.1 Å². The van der Waals surface area contributed by atoms with Crippen LogP contribution in [-0.4, -0.2) is 36.2 Å². The van der Waals surface area contributed by atoms with Crippen LogP contribution in [0.3, 0.4) is 0 Å². The molecule has 9 nitrogen and oxygen atoms in total. The van der Waals surface area contributed by atoms with Gasteiger partial charge in [0.25, 0.3) is 11.5 Å². The zero-order valence-corrected chi connectivity index (χ0v) is 22.2. The number of aromatic nitrogens is 4. The van der Waals surface area contributed by atoms with Gasteiger partial charge in [0.15, 0.2) is 11.6 Å². The fourth-order valence-corrected chi connectivity index (χ4v) is 5.66. The number of aryl methyl sites for hydroxylation is 1. The van der Waals surface area contributed by atoms with Crippen LogP contribution in [0.2, 0.25) is 0 Å². The number of carbonyl (C=O) groups is 1. The molecule has 0 bridgehead atoms. The van der Waals surface area contributed by atoms with Crippen LogP contribution in [0.1, 0.15) is 76.0 Å². The zero-order valence-electron chi connectivity index (χ0n) is 22.2. The summed E-state index contributed by atoms with van der Waals surface area (Å²) in [6, 6.07) is 8.40. The molecule has 2 aliphatic rings. The molecule has 3 aromatic rings. The Hall–Kier alpha value is -3.46. The van der Waals surface area contributed by atoms with Gasteiger partial charge in [-0.25, -0.2) is 4.68 Å². The Morgan fingerprint density at radius 1 is 1.18 bits per heavy atom. The van der Waals surface area contributed by atoms with Gasteiger partial charge in [-0.3, -0.25) is 14.3 Å². The van der Waals surface area contributed by atoms with Crippen molar-refractivity contribution in [3.05, 3.63) is 64.2 Å². The minimum absolute atomic E-state index is 0.293. The molecule has 1 amide bonds. The van der Waals surface area contributed by atoms with Gasteiger partial charge in [0.2, 0.25) is 0 Å². The van der Waals surface area contributed by atoms with Crippen molar-refractivity contribution in [2.75, 3.05) is 5.32 Å². The molecule has 9 heteroatoms. The number of fused-ring (bicyclic) bond motifs is 1. The van der Waals surface area contributed by atoms with Crippen LogP contribution in [0.4, 0.5) is 5.82 Å². The van der Waals surface area contributed by atoms with Crippen LogP contribution < -0.4 is 15.6 Å². The number of carbonyl (C=O) groups excluding carboxylic acids is 1. The number of anilines is 1. The number of nitrogens with one attached hydrogen (secondary N) is 1. The molecule has 2 aromatic heterocycles. The number of hydrogen-bond donors (Lipinski definition) is 2. The third-order valence-electron chi connectivity index (χ3n) is 7.45. The van der Waals surface area contributed by atoms with Gasteiger partial charge in [0.05, 0.1) is 18.3 Å². The summed E-state index contributed by atoms with van der Waals surface area (Å²) in [5, 5.41) is 21.7. The van der Waals surface area contributed by atoms with E-state index in [0.717, 1.165) is 50.7 Å². The van der Waals surface area contributed by atoms with Gasteiger partial charge < -0.3 is 15.2 Å². The molecule has 0 unspecified atom stereocenters. The van der Waals surface area contributed by atoms with E-state index in [4.69, 9.17) is 4.74 Å². The SMILES string of the molecule is CC(C)(O)Cn1ccc(NC(=O)[C@H](CC2CCCC2)n2ncc(Oc3cccc4c3CCCC4)cc2=O)n1. The van der Waals surface area contributed by atoms with E-state index < -0.39 is 11.6 Å². The van der Waals surface area contributed by atoms with E-state index in [-0.39, 0.29) is 11.5 Å². The number of aliphatic hydroxyl groups is 1. The van der Waals surface area contributed by atoms with Crippen molar-refractivity contribution in [3.8, 4) is 11.5 Å². The molecule has 1 fully saturated rings. The van der Waals surface area contributed by atoms with Crippen molar-refractivity contribution in [1.29, 1.82) is 0 Å². The first-order valence-corrected chi connectivity index (χ1v) is 13.7. The minimum Gasteiger partial charge on any atom is -0.455 e. The number of amides is 1. The summed E-state index contributed by atoms with van der Waals surface area (Å²) in [6.45, 7) is 3.69. The predicted molar refractivity (Wildman–Crippen MR) is 144 cm³/mol. The second-order valence-corrected chi connectivity index (χ2v) is 11.3. The number of rotatable bonds is 9. The summed E-state index contributed by atoms with van der Waals surface area (Å²) in [7, 11) is 0. The standard InChI is InChI=1S/C29H37N5O4/c1-29(2,37)19-33-15-14-26(32-33)31-28(36)24(16-20-8-3-4-9-20)34-27(35)17-22(18-30-34)38-25-13-7-11-21-10-5-6-12-23(21)25/h7,11,13-15,17-18,20,24,37H,3-6,8-10,12,16,19H2,1-2H3,(H,31,32,36)/t24-/m0/s1. The molecule has 2 N–H and O–H groups in total. The van der Waals surface area contributed by atoms with E-state index >= 15 is 0 Å². The van der Waals surface area contributed by atoms with E-state index in [2.05, 4.69) is 21.6 Å². The van der Waals surface area contributed by atoms with Gasteiger partial charge in [-0.2, -0.15) is 10.2 Å². The first kappa shape index (κ1) is 26.2. The Morgan fingerprint density at radius 3 is 2.74 bits per heavy atom. The van der Waals surface area contributed by atoms with Gasteiger partial charge in [-0.1, -0.05) is 37.8 Å². The van der Waals surface area contributed by atoms with Crippen LogP contribution in [0.25, 0.3) is 0 Å². The van der Waals surface area contributed by atoms with E-state index in [0.29, 0.717) is 30.5 Å². The van der Waals surface area contributed by atoms with Crippen molar-refractivity contribution < 1.29 is 14.6 Å². The molecule has 2 aliphatic carbocycles. The number of benzene rings is 1. The number of nitrogens with zero attached hydrogens (tertiary/aromatic N) is 4. The van der Waals surface area contributed by atoms with Crippen LogP contribution in [-0.2, 0) is 24.2 Å². The smallest absolute Gasteiger partial charge is 0.271 e. The Kier molecular flexibility index (Phi) is 7.65. The van der Waals surface area contributed by atoms with Crippen LogP contribution in [0.5, 0.6) is 11.5 Å². The van der Waals surface area contributed by atoms with E-state index in [1.165, 1.54) is 34.5 Å². The molecule has 0 aliphatic heterocycles. The molecule has 5 rings (SSSR count). The van der Waals surface area contributed by atoms with Gasteiger partial charge >= 0.3 is 0 Å². The summed E-state index contributed by atoms with van der Waals surface area (Å²) in [5.41, 5.74) is 1.19. The molecule has 1 aromatic carbocycles. The summed E-state index contributed by atoms with van der Waals surface area (Å²) >= 11 is 0. The monoisotopic (exact) mass is 519 g/mol. The van der Waals surface area contributed by atoms with Crippen molar-refractivity contribution in [1.82, 2.24) is 19.6 Å². The maximum Gasteiger partial charge on any atom is 0.271 e. The minimum atomic E-state index is -0.932. The lowest BCUT2D eigenvalue weighted by atomic mass is 9.91. The number of hydrogen-bond acceptors (Lipinski definition) is 6. The van der Waals surface area contributed by atoms with E-state index in [1.807, 2.05) is 12.1 Å². The lowest BCUT2D eigenvalue weighted by Crippen LogP contribution is -2.36. The molecular formula is C29H37N5O4. The lowest BCUT2D eigenvalue weighted by molar-refractivity contribution is -0.120. The third-order valence-corrected chi connectivity index (χ3v) is 7.45. The second kappa shape index (κ2) is 11.1. The average Bonchev–Trinajstić information content (AvgIpc) is 3.54.